The molecule has 1 aliphatic heterocycles. The van der Waals surface area contributed by atoms with Gasteiger partial charge in [-0.2, -0.15) is 0 Å². The first kappa shape index (κ1) is 14.1. The average Bonchev–Trinajstić information content (AvgIpc) is 2.42. The molecular formula is C13H18ClN3O2. The van der Waals surface area contributed by atoms with Crippen LogP contribution in [0, 0.1) is 0 Å². The molecule has 6 heteroatoms. The van der Waals surface area contributed by atoms with Gasteiger partial charge in [0.1, 0.15) is 12.4 Å². The summed E-state index contributed by atoms with van der Waals surface area (Å²) in [7, 11) is 0. The predicted molar refractivity (Wildman–Crippen MR) is 74.3 cm³/mol. The van der Waals surface area contributed by atoms with Crippen molar-refractivity contribution >= 4 is 23.3 Å². The number of nitrogens with one attached hydrogen (secondary N) is 1. The highest BCUT2D eigenvalue weighted by Crippen LogP contribution is 2.19. The van der Waals surface area contributed by atoms with E-state index in [0.29, 0.717) is 24.7 Å². The molecule has 0 aromatic carbocycles. The van der Waals surface area contributed by atoms with E-state index in [1.54, 1.807) is 4.90 Å². The molecule has 2 rings (SSSR count). The Hall–Kier alpha value is -1.33. The lowest BCUT2D eigenvalue weighted by atomic mass is 10.3. The van der Waals surface area contributed by atoms with Crippen molar-refractivity contribution in [3.05, 3.63) is 22.8 Å². The number of ether oxygens (including phenoxy) is 1. The summed E-state index contributed by atoms with van der Waals surface area (Å²) in [5.74, 6) is 0.776. The van der Waals surface area contributed by atoms with Crippen molar-refractivity contribution < 1.29 is 9.53 Å². The summed E-state index contributed by atoms with van der Waals surface area (Å²) >= 11 is 6.14. The number of halogens is 1. The summed E-state index contributed by atoms with van der Waals surface area (Å²) in [6.07, 6.45) is 1.03. The minimum atomic E-state index is -0.0176. The molecule has 2 heterocycles. The van der Waals surface area contributed by atoms with Gasteiger partial charge in [-0.25, -0.2) is 4.98 Å². The standard InChI is InChI=1S/C13H18ClN3O2/c1-2-5-15-12-4-3-10(14)11(16-12)8-17-6-7-19-9-13(17)18/h3-4H,2,5-9H2,1H3,(H,15,16). The molecule has 0 spiro atoms. The first-order valence-corrected chi connectivity index (χ1v) is 6.83. The fourth-order valence-corrected chi connectivity index (χ4v) is 2.01. The van der Waals surface area contributed by atoms with Crippen LogP contribution in [0.3, 0.4) is 0 Å². The third-order valence-corrected chi connectivity index (χ3v) is 3.24. The van der Waals surface area contributed by atoms with Crippen LogP contribution in [0.4, 0.5) is 5.82 Å². The molecule has 1 aromatic rings. The van der Waals surface area contributed by atoms with E-state index in [2.05, 4.69) is 17.2 Å². The first-order chi connectivity index (χ1) is 9.20. The second-order valence-corrected chi connectivity index (χ2v) is 4.83. The van der Waals surface area contributed by atoms with Crippen molar-refractivity contribution in [2.24, 2.45) is 0 Å². The zero-order valence-corrected chi connectivity index (χ0v) is 11.7. The van der Waals surface area contributed by atoms with Gasteiger partial charge in [-0.3, -0.25) is 4.79 Å². The van der Waals surface area contributed by atoms with Gasteiger partial charge in [-0.05, 0) is 18.6 Å². The number of pyridine rings is 1. The molecule has 0 unspecified atom stereocenters. The number of amides is 1. The van der Waals surface area contributed by atoms with Gasteiger partial charge in [0.2, 0.25) is 5.91 Å². The van der Waals surface area contributed by atoms with E-state index in [0.717, 1.165) is 24.5 Å². The third kappa shape index (κ3) is 3.81. The smallest absolute Gasteiger partial charge is 0.249 e. The van der Waals surface area contributed by atoms with Gasteiger partial charge in [-0.15, -0.1) is 0 Å². The molecule has 1 aliphatic rings. The number of aromatic nitrogens is 1. The molecule has 1 saturated heterocycles. The summed E-state index contributed by atoms with van der Waals surface area (Å²) in [6.45, 7) is 4.69. The SMILES string of the molecule is CCCNc1ccc(Cl)c(CN2CCOCC2=O)n1. The van der Waals surface area contributed by atoms with E-state index in [1.807, 2.05) is 12.1 Å². The molecule has 1 N–H and O–H groups in total. The van der Waals surface area contributed by atoms with E-state index in [-0.39, 0.29) is 12.5 Å². The number of carbonyl (C=O) groups excluding carboxylic acids is 1. The molecule has 104 valence electrons. The van der Waals surface area contributed by atoms with Crippen LogP contribution in [0.1, 0.15) is 19.0 Å². The van der Waals surface area contributed by atoms with Crippen LogP contribution in [0.5, 0.6) is 0 Å². The zero-order chi connectivity index (χ0) is 13.7. The Kier molecular flexibility index (Phi) is 4.99. The molecule has 0 radical (unpaired) electrons. The highest BCUT2D eigenvalue weighted by molar-refractivity contribution is 6.31. The van der Waals surface area contributed by atoms with Crippen LogP contribution in [-0.4, -0.2) is 42.1 Å². The molecular weight excluding hydrogens is 266 g/mol. The molecule has 1 aromatic heterocycles. The Bertz CT molecular complexity index is 454. The van der Waals surface area contributed by atoms with Gasteiger partial charge in [0, 0.05) is 13.1 Å². The zero-order valence-electron chi connectivity index (χ0n) is 11.0. The number of rotatable bonds is 5. The van der Waals surface area contributed by atoms with Crippen LogP contribution < -0.4 is 5.32 Å². The Balaban J connectivity index is 2.07. The van der Waals surface area contributed by atoms with Crippen LogP contribution >= 0.6 is 11.6 Å². The number of anilines is 1. The van der Waals surface area contributed by atoms with E-state index >= 15 is 0 Å². The Morgan fingerprint density at radius 2 is 2.37 bits per heavy atom. The number of carbonyl (C=O) groups is 1. The molecule has 1 amide bonds. The van der Waals surface area contributed by atoms with Gasteiger partial charge >= 0.3 is 0 Å². The number of hydrogen-bond acceptors (Lipinski definition) is 4. The lowest BCUT2D eigenvalue weighted by molar-refractivity contribution is -0.143. The second-order valence-electron chi connectivity index (χ2n) is 4.42. The fraction of sp³-hybridized carbons (Fsp3) is 0.538. The summed E-state index contributed by atoms with van der Waals surface area (Å²) in [5.41, 5.74) is 0.720. The van der Waals surface area contributed by atoms with Gasteiger partial charge in [0.15, 0.2) is 0 Å². The molecule has 0 atom stereocenters. The Labute approximate surface area is 117 Å². The van der Waals surface area contributed by atoms with Crippen LogP contribution in [0.15, 0.2) is 12.1 Å². The lowest BCUT2D eigenvalue weighted by Crippen LogP contribution is -2.41. The van der Waals surface area contributed by atoms with Crippen LogP contribution in [-0.2, 0) is 16.1 Å². The topological polar surface area (TPSA) is 54.5 Å². The minimum absolute atomic E-state index is 0.0176. The number of hydrogen-bond donors (Lipinski definition) is 1. The molecule has 19 heavy (non-hydrogen) atoms. The Morgan fingerprint density at radius 3 is 3.11 bits per heavy atom. The maximum atomic E-state index is 11.7. The maximum Gasteiger partial charge on any atom is 0.249 e. The summed E-state index contributed by atoms with van der Waals surface area (Å²) in [4.78, 5) is 17.9. The normalized spacial score (nSPS) is 15.7. The highest BCUT2D eigenvalue weighted by Gasteiger charge is 2.20. The molecule has 1 fully saturated rings. The van der Waals surface area contributed by atoms with Crippen molar-refractivity contribution in [2.75, 3.05) is 31.6 Å². The monoisotopic (exact) mass is 283 g/mol. The van der Waals surface area contributed by atoms with Crippen molar-refractivity contribution in [1.29, 1.82) is 0 Å². The number of morpholine rings is 1. The quantitative estimate of drug-likeness (QED) is 0.897. The summed E-state index contributed by atoms with van der Waals surface area (Å²) < 4.78 is 5.10. The van der Waals surface area contributed by atoms with Gasteiger partial charge in [-0.1, -0.05) is 18.5 Å². The minimum Gasteiger partial charge on any atom is -0.370 e. The highest BCUT2D eigenvalue weighted by atomic mass is 35.5. The van der Waals surface area contributed by atoms with E-state index in [9.17, 15) is 4.79 Å². The van der Waals surface area contributed by atoms with Crippen molar-refractivity contribution in [2.45, 2.75) is 19.9 Å². The summed E-state index contributed by atoms with van der Waals surface area (Å²) in [5, 5.41) is 3.80. The number of nitrogens with zero attached hydrogens (tertiary/aromatic N) is 2. The molecule has 0 bridgehead atoms. The first-order valence-electron chi connectivity index (χ1n) is 6.45. The largest absolute Gasteiger partial charge is 0.370 e. The van der Waals surface area contributed by atoms with Crippen molar-refractivity contribution in [3.8, 4) is 0 Å². The van der Waals surface area contributed by atoms with E-state index in [1.165, 1.54) is 0 Å². The van der Waals surface area contributed by atoms with Crippen molar-refractivity contribution in [1.82, 2.24) is 9.88 Å². The third-order valence-electron chi connectivity index (χ3n) is 2.90. The predicted octanol–water partition coefficient (Wildman–Crippen LogP) is 1.92. The van der Waals surface area contributed by atoms with Crippen molar-refractivity contribution in [3.63, 3.8) is 0 Å². The maximum absolute atomic E-state index is 11.7. The van der Waals surface area contributed by atoms with Gasteiger partial charge in [0.25, 0.3) is 0 Å². The van der Waals surface area contributed by atoms with Crippen LogP contribution in [0.25, 0.3) is 0 Å². The lowest BCUT2D eigenvalue weighted by Gasteiger charge is -2.26. The molecule has 0 aliphatic carbocycles. The van der Waals surface area contributed by atoms with Gasteiger partial charge in [0.05, 0.1) is 23.9 Å². The second kappa shape index (κ2) is 6.73. The van der Waals surface area contributed by atoms with Gasteiger partial charge < -0.3 is 15.0 Å². The molecule has 5 nitrogen and oxygen atoms in total. The summed E-state index contributed by atoms with van der Waals surface area (Å²) in [6, 6.07) is 3.66. The average molecular weight is 284 g/mol. The molecule has 0 saturated carbocycles. The van der Waals surface area contributed by atoms with E-state index < -0.39 is 0 Å². The van der Waals surface area contributed by atoms with E-state index in [4.69, 9.17) is 16.3 Å². The fourth-order valence-electron chi connectivity index (χ4n) is 1.84. The Morgan fingerprint density at radius 1 is 1.53 bits per heavy atom. The van der Waals surface area contributed by atoms with Crippen LogP contribution in [0.2, 0.25) is 5.02 Å².